The van der Waals surface area contributed by atoms with E-state index in [2.05, 4.69) is 4.72 Å². The van der Waals surface area contributed by atoms with Crippen LogP contribution in [-0.4, -0.2) is 51.2 Å². The molecule has 20 heavy (non-hydrogen) atoms. The van der Waals surface area contributed by atoms with Crippen LogP contribution in [0.5, 0.6) is 0 Å². The van der Waals surface area contributed by atoms with Crippen molar-refractivity contribution >= 4 is 10.0 Å². The number of likely N-dealkylation sites (N-methyl/N-ethyl adjacent to an activating group) is 1. The predicted octanol–water partition coefficient (Wildman–Crippen LogP) is 0.725. The molecule has 0 aliphatic heterocycles. The van der Waals surface area contributed by atoms with Crippen molar-refractivity contribution in [2.75, 3.05) is 27.2 Å². The van der Waals surface area contributed by atoms with Gasteiger partial charge in [0.15, 0.2) is 0 Å². The fraction of sp³-hybridized carbons (Fsp3) is 0.538. The molecule has 0 amide bonds. The van der Waals surface area contributed by atoms with Gasteiger partial charge in [0, 0.05) is 13.1 Å². The normalized spacial score (nSPS) is 15.3. The van der Waals surface area contributed by atoms with Gasteiger partial charge in [-0.2, -0.15) is 0 Å². The molecule has 1 rings (SSSR count). The predicted molar refractivity (Wildman–Crippen MR) is 75.5 cm³/mol. The Hall–Kier alpha value is -1.02. The highest BCUT2D eigenvalue weighted by molar-refractivity contribution is 7.89. The first-order valence-corrected chi connectivity index (χ1v) is 7.65. The molecule has 1 aromatic carbocycles. The zero-order chi connectivity index (χ0) is 15.6. The van der Waals surface area contributed by atoms with E-state index in [1.54, 1.807) is 25.9 Å². The SMILES string of the molecule is Cc1ccc(S(=O)(=O)NCC(C)(O)CN(C)C)cc1F. The quantitative estimate of drug-likeness (QED) is 0.813. The van der Waals surface area contributed by atoms with Crippen LogP contribution in [0.1, 0.15) is 12.5 Å². The maximum atomic E-state index is 13.4. The first-order valence-electron chi connectivity index (χ1n) is 6.16. The van der Waals surface area contributed by atoms with Crippen molar-refractivity contribution in [3.63, 3.8) is 0 Å². The Morgan fingerprint density at radius 1 is 1.40 bits per heavy atom. The molecular weight excluding hydrogens is 283 g/mol. The minimum absolute atomic E-state index is 0.150. The van der Waals surface area contributed by atoms with Crippen LogP contribution in [-0.2, 0) is 10.0 Å². The molecule has 0 aromatic heterocycles. The van der Waals surface area contributed by atoms with Gasteiger partial charge in [0.05, 0.1) is 10.5 Å². The molecule has 1 atom stereocenters. The maximum Gasteiger partial charge on any atom is 0.240 e. The van der Waals surface area contributed by atoms with Gasteiger partial charge in [-0.25, -0.2) is 17.5 Å². The third kappa shape index (κ3) is 4.82. The van der Waals surface area contributed by atoms with Crippen LogP contribution >= 0.6 is 0 Å². The Bertz CT molecular complexity index is 571. The summed E-state index contributed by atoms with van der Waals surface area (Å²) in [4.78, 5) is 1.60. The van der Waals surface area contributed by atoms with Crippen LogP contribution in [0.2, 0.25) is 0 Å². The molecule has 114 valence electrons. The Kier molecular flexibility index (Phi) is 5.26. The van der Waals surface area contributed by atoms with E-state index in [1.807, 2.05) is 0 Å². The van der Waals surface area contributed by atoms with Crippen molar-refractivity contribution in [2.45, 2.75) is 24.3 Å². The van der Waals surface area contributed by atoms with Crippen LogP contribution in [0.15, 0.2) is 23.1 Å². The molecule has 0 aliphatic rings. The molecule has 0 saturated carbocycles. The van der Waals surface area contributed by atoms with Crippen molar-refractivity contribution < 1.29 is 17.9 Å². The average molecular weight is 304 g/mol. The molecule has 5 nitrogen and oxygen atoms in total. The minimum Gasteiger partial charge on any atom is -0.387 e. The standard InChI is InChI=1S/C13H21FN2O3S/c1-10-5-6-11(7-12(10)14)20(18,19)15-8-13(2,17)9-16(3)4/h5-7,15,17H,8-9H2,1-4H3. The molecule has 2 N–H and O–H groups in total. The number of nitrogens with one attached hydrogen (secondary N) is 1. The van der Waals surface area contributed by atoms with Crippen molar-refractivity contribution in [2.24, 2.45) is 0 Å². The van der Waals surface area contributed by atoms with E-state index in [-0.39, 0.29) is 11.4 Å². The van der Waals surface area contributed by atoms with E-state index in [9.17, 15) is 17.9 Å². The molecule has 7 heteroatoms. The molecule has 0 heterocycles. The molecule has 0 fully saturated rings. The lowest BCUT2D eigenvalue weighted by molar-refractivity contribution is 0.0386. The van der Waals surface area contributed by atoms with Gasteiger partial charge in [0.2, 0.25) is 10.0 Å². The summed E-state index contributed by atoms with van der Waals surface area (Å²) in [6.45, 7) is 3.24. The Morgan fingerprint density at radius 3 is 2.50 bits per heavy atom. The van der Waals surface area contributed by atoms with E-state index in [4.69, 9.17) is 0 Å². The van der Waals surface area contributed by atoms with E-state index in [0.717, 1.165) is 6.07 Å². The highest BCUT2D eigenvalue weighted by Gasteiger charge is 2.25. The average Bonchev–Trinajstić information content (AvgIpc) is 2.29. The second kappa shape index (κ2) is 6.17. The van der Waals surface area contributed by atoms with Gasteiger partial charge in [-0.1, -0.05) is 6.07 Å². The summed E-state index contributed by atoms with van der Waals surface area (Å²) in [5.41, 5.74) is -0.830. The van der Waals surface area contributed by atoms with Crippen LogP contribution in [0.3, 0.4) is 0 Å². The van der Waals surface area contributed by atoms with Crippen molar-refractivity contribution in [1.29, 1.82) is 0 Å². The van der Waals surface area contributed by atoms with E-state index < -0.39 is 21.4 Å². The third-order valence-corrected chi connectivity index (χ3v) is 4.15. The van der Waals surface area contributed by atoms with Crippen LogP contribution in [0, 0.1) is 12.7 Å². The lowest BCUT2D eigenvalue weighted by atomic mass is 10.1. The fourth-order valence-corrected chi connectivity index (χ4v) is 2.99. The number of aliphatic hydroxyl groups is 1. The van der Waals surface area contributed by atoms with Gasteiger partial charge in [-0.3, -0.25) is 0 Å². The summed E-state index contributed by atoms with van der Waals surface area (Å²) in [6.07, 6.45) is 0. The minimum atomic E-state index is -3.84. The molecule has 0 saturated heterocycles. The van der Waals surface area contributed by atoms with Crippen LogP contribution in [0.25, 0.3) is 0 Å². The van der Waals surface area contributed by atoms with Crippen LogP contribution in [0.4, 0.5) is 4.39 Å². The molecule has 0 radical (unpaired) electrons. The molecule has 1 unspecified atom stereocenters. The topological polar surface area (TPSA) is 69.6 Å². The summed E-state index contributed by atoms with van der Waals surface area (Å²) >= 11 is 0. The smallest absolute Gasteiger partial charge is 0.240 e. The summed E-state index contributed by atoms with van der Waals surface area (Å²) in [5.74, 6) is -0.576. The number of nitrogens with zero attached hydrogens (tertiary/aromatic N) is 1. The second-order valence-electron chi connectivity index (χ2n) is 5.47. The second-order valence-corrected chi connectivity index (χ2v) is 7.24. The van der Waals surface area contributed by atoms with Gasteiger partial charge in [0.25, 0.3) is 0 Å². The maximum absolute atomic E-state index is 13.4. The lowest BCUT2D eigenvalue weighted by Gasteiger charge is -2.27. The Balaban J connectivity index is 2.82. The molecule has 0 spiro atoms. The number of benzene rings is 1. The highest BCUT2D eigenvalue weighted by atomic mass is 32.2. The van der Waals surface area contributed by atoms with E-state index >= 15 is 0 Å². The number of sulfonamides is 1. The zero-order valence-corrected chi connectivity index (χ0v) is 13.0. The zero-order valence-electron chi connectivity index (χ0n) is 12.1. The summed E-state index contributed by atoms with van der Waals surface area (Å²) in [7, 11) is -0.285. The Morgan fingerprint density at radius 2 is 2.00 bits per heavy atom. The number of rotatable bonds is 6. The van der Waals surface area contributed by atoms with E-state index in [1.165, 1.54) is 19.1 Å². The van der Waals surface area contributed by atoms with Gasteiger partial charge >= 0.3 is 0 Å². The first kappa shape index (κ1) is 17.0. The fourth-order valence-electron chi connectivity index (χ4n) is 1.81. The molecule has 0 aliphatic carbocycles. The number of hydrogen-bond donors (Lipinski definition) is 2. The van der Waals surface area contributed by atoms with Crippen LogP contribution < -0.4 is 4.72 Å². The first-order chi connectivity index (χ1) is 9.03. The third-order valence-electron chi connectivity index (χ3n) is 2.75. The molecule has 0 bridgehead atoms. The summed E-state index contributed by atoms with van der Waals surface area (Å²) in [5, 5.41) is 10.1. The number of hydrogen-bond acceptors (Lipinski definition) is 4. The van der Waals surface area contributed by atoms with E-state index in [0.29, 0.717) is 12.1 Å². The lowest BCUT2D eigenvalue weighted by Crippen LogP contribution is -2.47. The highest BCUT2D eigenvalue weighted by Crippen LogP contribution is 2.14. The van der Waals surface area contributed by atoms with Gasteiger partial charge < -0.3 is 10.0 Å². The van der Waals surface area contributed by atoms with Crippen molar-refractivity contribution in [1.82, 2.24) is 9.62 Å². The molecule has 1 aromatic rings. The number of halogens is 1. The van der Waals surface area contributed by atoms with Crippen molar-refractivity contribution in [3.05, 3.63) is 29.6 Å². The van der Waals surface area contributed by atoms with Gasteiger partial charge in [-0.05, 0) is 45.6 Å². The Labute approximate surface area is 119 Å². The summed E-state index contributed by atoms with van der Waals surface area (Å²) < 4.78 is 39.8. The monoisotopic (exact) mass is 304 g/mol. The number of aryl methyl sites for hydroxylation is 1. The van der Waals surface area contributed by atoms with Crippen molar-refractivity contribution in [3.8, 4) is 0 Å². The van der Waals surface area contributed by atoms with Gasteiger partial charge in [0.1, 0.15) is 5.82 Å². The molecular formula is C13H21FN2O3S. The largest absolute Gasteiger partial charge is 0.387 e. The van der Waals surface area contributed by atoms with Gasteiger partial charge in [-0.15, -0.1) is 0 Å². The summed E-state index contributed by atoms with van der Waals surface area (Å²) in [6, 6.07) is 3.71.